The largest absolute Gasteiger partial charge is 0.486 e. The fraction of sp³-hybridized carbons (Fsp3) is 0.238. The summed E-state index contributed by atoms with van der Waals surface area (Å²) >= 11 is 0. The molecule has 0 saturated carbocycles. The van der Waals surface area contributed by atoms with Crippen LogP contribution in [0.3, 0.4) is 0 Å². The highest BCUT2D eigenvalue weighted by molar-refractivity contribution is 5.92. The number of amides is 1. The van der Waals surface area contributed by atoms with E-state index in [4.69, 9.17) is 18.3 Å². The Morgan fingerprint density at radius 1 is 1.07 bits per heavy atom. The highest BCUT2D eigenvalue weighted by Gasteiger charge is 2.20. The summed E-state index contributed by atoms with van der Waals surface area (Å²) in [6.45, 7) is 1.90. The standard InChI is InChI=1S/C21H20FNO6/c1-13-18(21(25)26-3)10-17(28-13)11-23(2)20(24)19-9-8-16(29-19)12-27-15-6-4-14(22)5-7-15/h4-10H,11-12H2,1-3H3. The van der Waals surface area contributed by atoms with E-state index >= 15 is 0 Å². The molecule has 7 nitrogen and oxygen atoms in total. The lowest BCUT2D eigenvalue weighted by molar-refractivity contribution is 0.0598. The summed E-state index contributed by atoms with van der Waals surface area (Å²) in [6.07, 6.45) is 0. The molecule has 0 atom stereocenters. The van der Waals surface area contributed by atoms with Crippen molar-refractivity contribution in [3.8, 4) is 5.75 Å². The van der Waals surface area contributed by atoms with Crippen molar-refractivity contribution < 1.29 is 32.3 Å². The van der Waals surface area contributed by atoms with Crippen molar-refractivity contribution in [3.63, 3.8) is 0 Å². The summed E-state index contributed by atoms with van der Waals surface area (Å²) in [4.78, 5) is 25.6. The quantitative estimate of drug-likeness (QED) is 0.558. The molecule has 0 N–H and O–H groups in total. The van der Waals surface area contributed by atoms with Gasteiger partial charge in [0.1, 0.15) is 41.0 Å². The van der Waals surface area contributed by atoms with Crippen LogP contribution in [0.25, 0.3) is 0 Å². The van der Waals surface area contributed by atoms with Crippen LogP contribution in [0.2, 0.25) is 0 Å². The Bertz CT molecular complexity index is 1000. The second-order valence-corrected chi connectivity index (χ2v) is 6.34. The molecular weight excluding hydrogens is 381 g/mol. The van der Waals surface area contributed by atoms with Crippen LogP contribution in [0, 0.1) is 12.7 Å². The number of hydrogen-bond acceptors (Lipinski definition) is 6. The number of carbonyl (C=O) groups is 2. The molecule has 3 rings (SSSR count). The van der Waals surface area contributed by atoms with Crippen LogP contribution in [-0.2, 0) is 17.9 Å². The smallest absolute Gasteiger partial charge is 0.341 e. The van der Waals surface area contributed by atoms with Crippen molar-refractivity contribution in [2.45, 2.75) is 20.1 Å². The normalized spacial score (nSPS) is 10.6. The van der Waals surface area contributed by atoms with Gasteiger partial charge in [0.25, 0.3) is 5.91 Å². The predicted molar refractivity (Wildman–Crippen MR) is 100 cm³/mol. The van der Waals surface area contributed by atoms with Gasteiger partial charge in [-0.25, -0.2) is 9.18 Å². The molecule has 0 aliphatic rings. The van der Waals surface area contributed by atoms with Crippen LogP contribution in [0.1, 0.15) is 38.2 Å². The Kier molecular flexibility index (Phi) is 6.01. The van der Waals surface area contributed by atoms with Crippen LogP contribution < -0.4 is 4.74 Å². The SMILES string of the molecule is COC(=O)c1cc(CN(C)C(=O)c2ccc(COc3ccc(F)cc3)o2)oc1C. The Labute approximate surface area is 166 Å². The van der Waals surface area contributed by atoms with Gasteiger partial charge in [0, 0.05) is 7.05 Å². The first-order valence-corrected chi connectivity index (χ1v) is 8.77. The first-order chi connectivity index (χ1) is 13.9. The first-order valence-electron chi connectivity index (χ1n) is 8.77. The fourth-order valence-corrected chi connectivity index (χ4v) is 2.68. The number of halogens is 1. The van der Waals surface area contributed by atoms with Crippen LogP contribution in [0.5, 0.6) is 5.75 Å². The number of esters is 1. The number of hydrogen-bond donors (Lipinski definition) is 0. The molecule has 29 heavy (non-hydrogen) atoms. The van der Waals surface area contributed by atoms with E-state index in [2.05, 4.69) is 0 Å². The molecule has 3 aromatic rings. The number of nitrogens with zero attached hydrogens (tertiary/aromatic N) is 1. The van der Waals surface area contributed by atoms with Crippen molar-refractivity contribution >= 4 is 11.9 Å². The number of carbonyl (C=O) groups excluding carboxylic acids is 2. The molecule has 0 saturated heterocycles. The van der Waals surface area contributed by atoms with Gasteiger partial charge in [-0.05, 0) is 49.4 Å². The van der Waals surface area contributed by atoms with E-state index in [0.717, 1.165) is 0 Å². The minimum Gasteiger partial charge on any atom is -0.486 e. The zero-order chi connectivity index (χ0) is 21.0. The van der Waals surface area contributed by atoms with Crippen molar-refractivity contribution in [2.75, 3.05) is 14.2 Å². The summed E-state index contributed by atoms with van der Waals surface area (Å²) < 4.78 is 34.2. The molecule has 0 aliphatic carbocycles. The molecule has 2 aromatic heterocycles. The van der Waals surface area contributed by atoms with Crippen molar-refractivity contribution in [2.24, 2.45) is 0 Å². The maximum atomic E-state index is 12.9. The van der Waals surface area contributed by atoms with Gasteiger partial charge < -0.3 is 23.2 Å². The number of benzene rings is 1. The third-order valence-corrected chi connectivity index (χ3v) is 4.18. The maximum absolute atomic E-state index is 12.9. The fourth-order valence-electron chi connectivity index (χ4n) is 2.68. The summed E-state index contributed by atoms with van der Waals surface area (Å²) in [7, 11) is 2.88. The number of furan rings is 2. The highest BCUT2D eigenvalue weighted by atomic mass is 19.1. The average Bonchev–Trinajstić information content (AvgIpc) is 3.33. The molecule has 0 fully saturated rings. The van der Waals surface area contributed by atoms with Gasteiger partial charge in [-0.3, -0.25) is 4.79 Å². The van der Waals surface area contributed by atoms with Crippen molar-refractivity contribution in [3.05, 3.63) is 76.9 Å². The molecule has 0 bridgehead atoms. The Morgan fingerprint density at radius 3 is 2.48 bits per heavy atom. The van der Waals surface area contributed by atoms with E-state index in [9.17, 15) is 14.0 Å². The van der Waals surface area contributed by atoms with E-state index in [-0.39, 0.29) is 30.6 Å². The molecule has 1 aromatic carbocycles. The lowest BCUT2D eigenvalue weighted by atomic mass is 10.2. The number of rotatable bonds is 7. The average molecular weight is 401 g/mol. The number of aryl methyl sites for hydroxylation is 1. The lowest BCUT2D eigenvalue weighted by Crippen LogP contribution is -2.25. The lowest BCUT2D eigenvalue weighted by Gasteiger charge is -2.13. The molecule has 0 spiro atoms. The molecular formula is C21H20FNO6. The highest BCUT2D eigenvalue weighted by Crippen LogP contribution is 2.19. The predicted octanol–water partition coefficient (Wildman–Crippen LogP) is 3.96. The number of ether oxygens (including phenoxy) is 2. The van der Waals surface area contributed by atoms with Crippen LogP contribution >= 0.6 is 0 Å². The van der Waals surface area contributed by atoms with Crippen LogP contribution in [-0.4, -0.2) is 30.9 Å². The molecule has 152 valence electrons. The zero-order valence-corrected chi connectivity index (χ0v) is 16.2. The van der Waals surface area contributed by atoms with Gasteiger partial charge in [0.05, 0.1) is 13.7 Å². The monoisotopic (exact) mass is 401 g/mol. The molecule has 2 heterocycles. The maximum Gasteiger partial charge on any atom is 0.341 e. The van der Waals surface area contributed by atoms with Gasteiger partial charge >= 0.3 is 5.97 Å². The van der Waals surface area contributed by atoms with Gasteiger partial charge in [-0.2, -0.15) is 0 Å². The molecule has 8 heteroatoms. The third kappa shape index (κ3) is 4.84. The van der Waals surface area contributed by atoms with E-state index in [1.165, 1.54) is 36.3 Å². The summed E-state index contributed by atoms with van der Waals surface area (Å²) in [5, 5.41) is 0. The second kappa shape index (κ2) is 8.64. The van der Waals surface area contributed by atoms with Gasteiger partial charge in [0.2, 0.25) is 0 Å². The third-order valence-electron chi connectivity index (χ3n) is 4.18. The molecule has 0 unspecified atom stereocenters. The summed E-state index contributed by atoms with van der Waals surface area (Å²) in [5.74, 6) is 0.750. The van der Waals surface area contributed by atoms with E-state index in [1.54, 1.807) is 32.2 Å². The second-order valence-electron chi connectivity index (χ2n) is 6.34. The van der Waals surface area contributed by atoms with Crippen LogP contribution in [0.15, 0.2) is 51.3 Å². The minimum atomic E-state index is -0.497. The van der Waals surface area contributed by atoms with Gasteiger partial charge in [-0.15, -0.1) is 0 Å². The topological polar surface area (TPSA) is 82.1 Å². The van der Waals surface area contributed by atoms with E-state index in [0.29, 0.717) is 28.6 Å². The Hall–Kier alpha value is -3.55. The Balaban J connectivity index is 1.60. The van der Waals surface area contributed by atoms with Crippen molar-refractivity contribution in [1.29, 1.82) is 0 Å². The van der Waals surface area contributed by atoms with Gasteiger partial charge in [-0.1, -0.05) is 0 Å². The molecule has 1 amide bonds. The van der Waals surface area contributed by atoms with E-state index in [1.807, 2.05) is 0 Å². The summed E-state index contributed by atoms with van der Waals surface area (Å²) in [6, 6.07) is 10.3. The zero-order valence-electron chi connectivity index (χ0n) is 16.2. The van der Waals surface area contributed by atoms with Crippen LogP contribution in [0.4, 0.5) is 4.39 Å². The van der Waals surface area contributed by atoms with Crippen molar-refractivity contribution in [1.82, 2.24) is 4.90 Å². The number of methoxy groups -OCH3 is 1. The first kappa shape index (κ1) is 20.2. The molecule has 0 radical (unpaired) electrons. The summed E-state index contributed by atoms with van der Waals surface area (Å²) in [5.41, 5.74) is 0.321. The Morgan fingerprint density at radius 2 is 1.79 bits per heavy atom. The molecule has 0 aliphatic heterocycles. The van der Waals surface area contributed by atoms with Gasteiger partial charge in [0.15, 0.2) is 5.76 Å². The van der Waals surface area contributed by atoms with E-state index < -0.39 is 5.97 Å². The minimum absolute atomic E-state index is 0.0997.